The monoisotopic (exact) mass is 336 g/mol. The third kappa shape index (κ3) is 2.05. The third-order valence-corrected chi connectivity index (χ3v) is 8.78. The summed E-state index contributed by atoms with van der Waals surface area (Å²) in [6.45, 7) is 4.36. The predicted molar refractivity (Wildman–Crippen MR) is 90.3 cm³/mol. The van der Waals surface area contributed by atoms with Crippen molar-refractivity contribution < 1.29 is 19.7 Å². The second-order valence-corrected chi connectivity index (χ2v) is 9.42. The minimum absolute atomic E-state index is 0.0474. The number of hydrogen-bond acceptors (Lipinski definition) is 4. The molecule has 4 fully saturated rings. The number of ether oxygens (including phenoxy) is 1. The number of methoxy groups -OCH3 is 1. The first-order chi connectivity index (χ1) is 11.3. The van der Waals surface area contributed by atoms with Crippen molar-refractivity contribution >= 4 is 5.78 Å². The van der Waals surface area contributed by atoms with Crippen molar-refractivity contribution in [3.8, 4) is 0 Å². The SMILES string of the molecule is CO[C@H]1C[C@@H]2[C@@H](O)C[C@@H]3[C@@H](CC[C@]4(C)C(=O)CC[C@@H]34)[C@@]2(C)[C@@H](O)C1. The van der Waals surface area contributed by atoms with Crippen LogP contribution in [0.15, 0.2) is 0 Å². The zero-order valence-electron chi connectivity index (χ0n) is 15.2. The van der Waals surface area contributed by atoms with Gasteiger partial charge in [0.05, 0.1) is 18.3 Å². The minimum Gasteiger partial charge on any atom is -0.393 e. The fourth-order valence-corrected chi connectivity index (χ4v) is 7.27. The molecule has 0 amide bonds. The Morgan fingerprint density at radius 2 is 1.79 bits per heavy atom. The van der Waals surface area contributed by atoms with Gasteiger partial charge in [-0.2, -0.15) is 0 Å². The average Bonchev–Trinajstić information content (AvgIpc) is 2.85. The van der Waals surface area contributed by atoms with E-state index in [1.165, 1.54) is 0 Å². The Morgan fingerprint density at radius 3 is 2.50 bits per heavy atom. The Labute approximate surface area is 145 Å². The summed E-state index contributed by atoms with van der Waals surface area (Å²) in [5.74, 6) is 1.72. The van der Waals surface area contributed by atoms with Crippen LogP contribution >= 0.6 is 0 Å². The Hall–Kier alpha value is -0.450. The normalized spacial score (nSPS) is 57.2. The number of carbonyl (C=O) groups is 1. The van der Waals surface area contributed by atoms with Crippen molar-refractivity contribution in [2.45, 2.75) is 77.1 Å². The van der Waals surface area contributed by atoms with Gasteiger partial charge in [-0.3, -0.25) is 4.79 Å². The maximum absolute atomic E-state index is 12.5. The number of hydrogen-bond donors (Lipinski definition) is 2. The maximum Gasteiger partial charge on any atom is 0.139 e. The van der Waals surface area contributed by atoms with E-state index in [0.29, 0.717) is 36.4 Å². The average molecular weight is 336 g/mol. The summed E-state index contributed by atoms with van der Waals surface area (Å²) in [6.07, 6.45) is 5.18. The number of aliphatic hydroxyl groups is 2. The van der Waals surface area contributed by atoms with E-state index in [-0.39, 0.29) is 29.0 Å². The van der Waals surface area contributed by atoms with Crippen LogP contribution in [0.25, 0.3) is 0 Å². The second kappa shape index (κ2) is 5.52. The van der Waals surface area contributed by atoms with Crippen molar-refractivity contribution in [3.63, 3.8) is 0 Å². The summed E-state index contributed by atoms with van der Waals surface area (Å²) in [7, 11) is 1.70. The Kier molecular flexibility index (Phi) is 3.91. The molecule has 0 heterocycles. The summed E-state index contributed by atoms with van der Waals surface area (Å²) < 4.78 is 5.52. The molecular formula is C20H32O4. The molecule has 4 nitrogen and oxygen atoms in total. The van der Waals surface area contributed by atoms with Crippen LogP contribution in [0.5, 0.6) is 0 Å². The molecule has 0 aromatic rings. The van der Waals surface area contributed by atoms with Gasteiger partial charge in [-0.1, -0.05) is 13.8 Å². The zero-order valence-corrected chi connectivity index (χ0v) is 15.2. The summed E-state index contributed by atoms with van der Waals surface area (Å²) in [5.41, 5.74) is -0.427. The van der Waals surface area contributed by atoms with Crippen molar-refractivity contribution in [2.75, 3.05) is 7.11 Å². The highest BCUT2D eigenvalue weighted by molar-refractivity contribution is 5.87. The predicted octanol–water partition coefficient (Wildman–Crippen LogP) is 2.55. The fraction of sp³-hybridized carbons (Fsp3) is 0.950. The molecule has 24 heavy (non-hydrogen) atoms. The molecule has 0 unspecified atom stereocenters. The molecule has 0 spiro atoms. The molecule has 0 aromatic carbocycles. The Bertz CT molecular complexity index is 534. The number of Topliss-reactive ketones (excluding diaryl/α,β-unsaturated/α-hetero) is 1. The van der Waals surface area contributed by atoms with Crippen LogP contribution in [0.3, 0.4) is 0 Å². The number of fused-ring (bicyclic) bond motifs is 5. The van der Waals surface area contributed by atoms with Gasteiger partial charge in [0, 0.05) is 30.8 Å². The highest BCUT2D eigenvalue weighted by Gasteiger charge is 2.64. The molecular weight excluding hydrogens is 304 g/mol. The van der Waals surface area contributed by atoms with Crippen LogP contribution in [-0.2, 0) is 9.53 Å². The molecule has 136 valence electrons. The first kappa shape index (κ1) is 17.0. The quantitative estimate of drug-likeness (QED) is 0.772. The first-order valence-electron chi connectivity index (χ1n) is 9.74. The lowest BCUT2D eigenvalue weighted by molar-refractivity contribution is -0.213. The molecule has 0 aliphatic heterocycles. The minimum atomic E-state index is -0.426. The molecule has 4 aliphatic carbocycles. The molecule has 0 radical (unpaired) electrons. The smallest absolute Gasteiger partial charge is 0.139 e. The van der Waals surface area contributed by atoms with E-state index < -0.39 is 6.10 Å². The number of aliphatic hydroxyl groups excluding tert-OH is 2. The number of carbonyl (C=O) groups excluding carboxylic acids is 1. The molecule has 4 rings (SSSR count). The molecule has 4 saturated carbocycles. The zero-order chi connectivity index (χ0) is 17.3. The number of rotatable bonds is 1. The van der Waals surface area contributed by atoms with E-state index in [1.54, 1.807) is 7.11 Å². The Morgan fingerprint density at radius 1 is 1.04 bits per heavy atom. The van der Waals surface area contributed by atoms with Gasteiger partial charge < -0.3 is 14.9 Å². The van der Waals surface area contributed by atoms with Crippen LogP contribution in [0.1, 0.15) is 58.8 Å². The highest BCUT2D eigenvalue weighted by atomic mass is 16.5. The van der Waals surface area contributed by atoms with E-state index >= 15 is 0 Å². The van der Waals surface area contributed by atoms with Gasteiger partial charge in [-0.05, 0) is 55.8 Å². The standard InChI is InChI=1S/C20H32O4/c1-19-7-6-14-12(13(19)4-5-17(19)22)10-16(21)15-8-11(24-3)9-18(23)20(14,15)2/h11-16,18,21,23H,4-10H2,1-3H3/t11-,12-,13-,14+,15+,16-,18-,19-,20+/m0/s1. The summed E-state index contributed by atoms with van der Waals surface area (Å²) in [5, 5.41) is 22.0. The highest BCUT2D eigenvalue weighted by Crippen LogP contribution is 2.65. The van der Waals surface area contributed by atoms with Gasteiger partial charge in [0.15, 0.2) is 0 Å². The topological polar surface area (TPSA) is 66.8 Å². The van der Waals surface area contributed by atoms with E-state index in [0.717, 1.165) is 32.1 Å². The molecule has 2 N–H and O–H groups in total. The largest absolute Gasteiger partial charge is 0.393 e. The first-order valence-corrected chi connectivity index (χ1v) is 9.74. The lowest BCUT2D eigenvalue weighted by atomic mass is 9.44. The molecule has 4 aliphatic rings. The lowest BCUT2D eigenvalue weighted by Crippen LogP contribution is -2.63. The van der Waals surface area contributed by atoms with Crippen molar-refractivity contribution in [1.29, 1.82) is 0 Å². The van der Waals surface area contributed by atoms with Crippen LogP contribution in [-0.4, -0.2) is 41.4 Å². The molecule has 0 saturated heterocycles. The third-order valence-electron chi connectivity index (χ3n) is 8.78. The maximum atomic E-state index is 12.5. The molecule has 0 bridgehead atoms. The van der Waals surface area contributed by atoms with Crippen molar-refractivity contribution in [3.05, 3.63) is 0 Å². The number of ketones is 1. The van der Waals surface area contributed by atoms with Gasteiger partial charge in [0.2, 0.25) is 0 Å². The van der Waals surface area contributed by atoms with Crippen molar-refractivity contribution in [1.82, 2.24) is 0 Å². The van der Waals surface area contributed by atoms with E-state index in [2.05, 4.69) is 13.8 Å². The van der Waals surface area contributed by atoms with Crippen LogP contribution < -0.4 is 0 Å². The van der Waals surface area contributed by atoms with Crippen LogP contribution in [0.2, 0.25) is 0 Å². The van der Waals surface area contributed by atoms with Gasteiger partial charge >= 0.3 is 0 Å². The van der Waals surface area contributed by atoms with Crippen LogP contribution in [0.4, 0.5) is 0 Å². The summed E-state index contributed by atoms with van der Waals surface area (Å²) in [6, 6.07) is 0. The van der Waals surface area contributed by atoms with E-state index in [9.17, 15) is 15.0 Å². The molecule has 4 heteroatoms. The van der Waals surface area contributed by atoms with Gasteiger partial charge in [0.1, 0.15) is 5.78 Å². The summed E-state index contributed by atoms with van der Waals surface area (Å²) >= 11 is 0. The fourth-order valence-electron chi connectivity index (χ4n) is 7.27. The van der Waals surface area contributed by atoms with Gasteiger partial charge in [0.25, 0.3) is 0 Å². The Balaban J connectivity index is 1.69. The van der Waals surface area contributed by atoms with Gasteiger partial charge in [-0.25, -0.2) is 0 Å². The lowest BCUT2D eigenvalue weighted by Gasteiger charge is -2.62. The second-order valence-electron chi connectivity index (χ2n) is 9.42. The summed E-state index contributed by atoms with van der Waals surface area (Å²) in [4.78, 5) is 12.5. The van der Waals surface area contributed by atoms with Gasteiger partial charge in [-0.15, -0.1) is 0 Å². The van der Waals surface area contributed by atoms with E-state index in [4.69, 9.17) is 4.74 Å². The molecule has 9 atom stereocenters. The van der Waals surface area contributed by atoms with E-state index in [1.807, 2.05) is 0 Å². The van der Waals surface area contributed by atoms with Crippen LogP contribution in [0, 0.1) is 34.5 Å². The molecule has 0 aromatic heterocycles. The van der Waals surface area contributed by atoms with Crippen molar-refractivity contribution in [2.24, 2.45) is 34.5 Å².